The highest BCUT2D eigenvalue weighted by atomic mass is 16.5. The van der Waals surface area contributed by atoms with Gasteiger partial charge in [0.2, 0.25) is 5.91 Å². The zero-order chi connectivity index (χ0) is 29.3. The highest BCUT2D eigenvalue weighted by Gasteiger charge is 2.19. The molecule has 222 valence electrons. The monoisotopic (exact) mass is 576 g/mol. The Kier molecular flexibility index (Phi) is 9.72. The van der Waals surface area contributed by atoms with Gasteiger partial charge in [-0.05, 0) is 78.4 Å². The molecule has 0 aliphatic carbocycles. The van der Waals surface area contributed by atoms with Crippen LogP contribution in [0.15, 0.2) is 85.2 Å². The number of ether oxygens (including phenoxy) is 2. The Hall–Kier alpha value is -4.07. The van der Waals surface area contributed by atoms with Gasteiger partial charge in [0.1, 0.15) is 12.4 Å². The summed E-state index contributed by atoms with van der Waals surface area (Å²) in [5.74, 6) is 1.44. The number of nitrogens with one attached hydrogen (secondary N) is 1. The Morgan fingerprint density at radius 1 is 0.953 bits per heavy atom. The van der Waals surface area contributed by atoms with Gasteiger partial charge in [0, 0.05) is 67.7 Å². The lowest BCUT2D eigenvalue weighted by Gasteiger charge is -2.24. The minimum absolute atomic E-state index is 0.121. The van der Waals surface area contributed by atoms with E-state index in [1.165, 1.54) is 12.0 Å². The van der Waals surface area contributed by atoms with E-state index in [9.17, 15) is 4.79 Å². The first-order valence-corrected chi connectivity index (χ1v) is 15.5. The average molecular weight is 577 g/mol. The zero-order valence-electron chi connectivity index (χ0n) is 24.7. The van der Waals surface area contributed by atoms with E-state index >= 15 is 0 Å². The van der Waals surface area contributed by atoms with E-state index in [4.69, 9.17) is 14.5 Å². The summed E-state index contributed by atoms with van der Waals surface area (Å²) in [6, 6.07) is 25.1. The van der Waals surface area contributed by atoms with Gasteiger partial charge in [0.25, 0.3) is 0 Å². The number of aromatic nitrogens is 2. The van der Waals surface area contributed by atoms with Gasteiger partial charge in [-0.2, -0.15) is 0 Å². The minimum atomic E-state index is 0.121. The normalized spacial score (nSPS) is 17.8. The molecule has 0 saturated carbocycles. The highest BCUT2D eigenvalue weighted by molar-refractivity contribution is 5.76. The maximum atomic E-state index is 13.5. The molecule has 1 atom stereocenters. The van der Waals surface area contributed by atoms with Crippen molar-refractivity contribution < 1.29 is 14.3 Å². The third-order valence-electron chi connectivity index (χ3n) is 8.30. The SMILES string of the molecule is O=C(CCc1cccc(C2CCCNC2)n1)N1CCOCCOc2ccc(-c3cccnc3)cc2Cc2cccc(c2)C1. The van der Waals surface area contributed by atoms with E-state index in [2.05, 4.69) is 64.9 Å². The van der Waals surface area contributed by atoms with E-state index < -0.39 is 0 Å². The van der Waals surface area contributed by atoms with Crippen LogP contribution in [0.5, 0.6) is 5.75 Å². The van der Waals surface area contributed by atoms with Crippen LogP contribution in [0.4, 0.5) is 0 Å². The van der Waals surface area contributed by atoms with Crippen LogP contribution in [0.1, 0.15) is 53.3 Å². The molecule has 1 fully saturated rings. The van der Waals surface area contributed by atoms with E-state index in [-0.39, 0.29) is 5.91 Å². The number of aryl methyl sites for hydroxylation is 1. The van der Waals surface area contributed by atoms with Crippen molar-refractivity contribution in [1.29, 1.82) is 0 Å². The quantitative estimate of drug-likeness (QED) is 0.335. The number of nitrogens with zero attached hydrogens (tertiary/aromatic N) is 3. The van der Waals surface area contributed by atoms with Crippen LogP contribution in [0.3, 0.4) is 0 Å². The van der Waals surface area contributed by atoms with Crippen LogP contribution in [-0.4, -0.2) is 60.2 Å². The highest BCUT2D eigenvalue weighted by Crippen LogP contribution is 2.29. The number of pyridine rings is 2. The fourth-order valence-corrected chi connectivity index (χ4v) is 5.99. The van der Waals surface area contributed by atoms with Crippen molar-refractivity contribution in [1.82, 2.24) is 20.2 Å². The average Bonchev–Trinajstić information content (AvgIpc) is 3.06. The van der Waals surface area contributed by atoms with E-state index in [1.54, 1.807) is 6.20 Å². The molecule has 6 rings (SSSR count). The van der Waals surface area contributed by atoms with Crippen molar-refractivity contribution in [3.05, 3.63) is 113 Å². The molecule has 2 aromatic carbocycles. The number of piperidine rings is 1. The van der Waals surface area contributed by atoms with Gasteiger partial charge in [0.05, 0.1) is 13.2 Å². The molecular weight excluding hydrogens is 536 g/mol. The van der Waals surface area contributed by atoms with Crippen molar-refractivity contribution in [2.75, 3.05) is 39.5 Å². The number of benzene rings is 2. The number of carbonyl (C=O) groups is 1. The maximum Gasteiger partial charge on any atom is 0.223 e. The predicted octanol–water partition coefficient (Wildman–Crippen LogP) is 5.57. The van der Waals surface area contributed by atoms with Gasteiger partial charge in [-0.25, -0.2) is 0 Å². The Balaban J connectivity index is 1.16. The summed E-state index contributed by atoms with van der Waals surface area (Å²) in [7, 11) is 0. The van der Waals surface area contributed by atoms with Crippen molar-refractivity contribution in [3.63, 3.8) is 0 Å². The lowest BCUT2D eigenvalue weighted by molar-refractivity contribution is -0.132. The van der Waals surface area contributed by atoms with E-state index in [0.717, 1.165) is 65.3 Å². The molecule has 4 heterocycles. The Labute approximate surface area is 254 Å². The molecule has 4 aromatic rings. The number of rotatable bonds is 5. The number of hydrogen-bond acceptors (Lipinski definition) is 6. The topological polar surface area (TPSA) is 76.6 Å². The molecule has 1 saturated heterocycles. The molecule has 7 nitrogen and oxygen atoms in total. The standard InChI is InChI=1S/C36H40N4O3/c41-36(14-12-33-9-2-10-34(39-33)31-8-4-16-38-25-31)40-17-18-42-19-20-43-35-13-11-29(30-7-3-15-37-24-30)23-32(35)22-27-5-1-6-28(21-27)26-40/h1-3,5-7,9-11,13,15,21,23-24,31,38H,4,8,12,14,16-20,22,25-26H2. The lowest BCUT2D eigenvalue weighted by Crippen LogP contribution is -2.34. The first kappa shape index (κ1) is 29.0. The summed E-state index contributed by atoms with van der Waals surface area (Å²) in [5, 5.41) is 3.48. The summed E-state index contributed by atoms with van der Waals surface area (Å²) in [4.78, 5) is 24.7. The molecule has 0 spiro atoms. The number of fused-ring (bicyclic) bond motifs is 3. The predicted molar refractivity (Wildman–Crippen MR) is 168 cm³/mol. The minimum Gasteiger partial charge on any atom is -0.491 e. The lowest BCUT2D eigenvalue weighted by atomic mass is 9.95. The Bertz CT molecular complexity index is 1500. The van der Waals surface area contributed by atoms with Crippen LogP contribution in [0.25, 0.3) is 11.1 Å². The van der Waals surface area contributed by atoms with Gasteiger partial charge >= 0.3 is 0 Å². The molecule has 43 heavy (non-hydrogen) atoms. The molecule has 1 unspecified atom stereocenters. The van der Waals surface area contributed by atoms with Gasteiger partial charge in [0.15, 0.2) is 0 Å². The summed E-state index contributed by atoms with van der Waals surface area (Å²) in [6.45, 7) is 4.52. The summed E-state index contributed by atoms with van der Waals surface area (Å²) in [6.07, 6.45) is 7.80. The molecule has 2 bridgehead atoms. The first-order chi connectivity index (χ1) is 21.2. The molecule has 2 aliphatic rings. The van der Waals surface area contributed by atoms with Gasteiger partial charge in [-0.15, -0.1) is 0 Å². The molecule has 1 amide bonds. The molecule has 0 radical (unpaired) electrons. The van der Waals surface area contributed by atoms with Gasteiger partial charge in [-0.3, -0.25) is 14.8 Å². The van der Waals surface area contributed by atoms with Gasteiger partial charge < -0.3 is 19.7 Å². The fraction of sp³-hybridized carbons (Fsp3) is 0.361. The van der Waals surface area contributed by atoms with Crippen molar-refractivity contribution in [2.45, 2.75) is 44.6 Å². The van der Waals surface area contributed by atoms with Gasteiger partial charge in [-0.1, -0.05) is 42.5 Å². The largest absolute Gasteiger partial charge is 0.491 e. The van der Waals surface area contributed by atoms with E-state index in [0.29, 0.717) is 51.7 Å². The van der Waals surface area contributed by atoms with Crippen molar-refractivity contribution in [3.8, 4) is 16.9 Å². The van der Waals surface area contributed by atoms with Crippen molar-refractivity contribution in [2.24, 2.45) is 0 Å². The summed E-state index contributed by atoms with van der Waals surface area (Å²) in [5.41, 5.74) is 7.71. The molecule has 2 aromatic heterocycles. The fourth-order valence-electron chi connectivity index (χ4n) is 5.99. The molecular formula is C36H40N4O3. The zero-order valence-corrected chi connectivity index (χ0v) is 24.7. The van der Waals surface area contributed by atoms with Crippen LogP contribution in [0.2, 0.25) is 0 Å². The second-order valence-electron chi connectivity index (χ2n) is 11.4. The van der Waals surface area contributed by atoms with Crippen molar-refractivity contribution >= 4 is 5.91 Å². The smallest absolute Gasteiger partial charge is 0.223 e. The molecule has 2 aliphatic heterocycles. The number of amides is 1. The molecule has 1 N–H and O–H groups in total. The number of carbonyl (C=O) groups excluding carboxylic acids is 1. The third kappa shape index (κ3) is 7.86. The first-order valence-electron chi connectivity index (χ1n) is 15.5. The van der Waals surface area contributed by atoms with Crippen LogP contribution < -0.4 is 10.1 Å². The van der Waals surface area contributed by atoms with Crippen LogP contribution >= 0.6 is 0 Å². The third-order valence-corrected chi connectivity index (χ3v) is 8.30. The van der Waals surface area contributed by atoms with Crippen LogP contribution in [-0.2, 0) is 28.9 Å². The number of hydrogen-bond donors (Lipinski definition) is 1. The Morgan fingerprint density at radius 2 is 1.88 bits per heavy atom. The van der Waals surface area contributed by atoms with E-state index in [1.807, 2.05) is 29.3 Å². The second kappa shape index (κ2) is 14.4. The molecule has 7 heteroatoms. The second-order valence-corrected chi connectivity index (χ2v) is 11.4. The van der Waals surface area contributed by atoms with Crippen LogP contribution in [0, 0.1) is 0 Å². The summed E-state index contributed by atoms with van der Waals surface area (Å²) < 4.78 is 12.1. The summed E-state index contributed by atoms with van der Waals surface area (Å²) >= 11 is 0. The Morgan fingerprint density at radius 3 is 2.77 bits per heavy atom. The maximum absolute atomic E-state index is 13.5.